The van der Waals surface area contributed by atoms with Gasteiger partial charge in [-0.25, -0.2) is 9.48 Å². The predicted octanol–water partition coefficient (Wildman–Crippen LogP) is 1.88. The number of aliphatic imine (C=N–C) groups is 1. The molecule has 1 saturated carbocycles. The molecule has 0 radical (unpaired) electrons. The number of benzene rings is 1. The number of aromatic nitrogens is 3. The van der Waals surface area contributed by atoms with E-state index in [0.29, 0.717) is 16.9 Å². The van der Waals surface area contributed by atoms with Crippen molar-refractivity contribution in [3.05, 3.63) is 41.7 Å². The van der Waals surface area contributed by atoms with E-state index in [-0.39, 0.29) is 57.1 Å². The molecule has 0 bridgehead atoms. The van der Waals surface area contributed by atoms with Crippen molar-refractivity contribution < 1.29 is 33.8 Å². The highest BCUT2D eigenvalue weighted by Crippen LogP contribution is 2.34. The number of nitriles is 1. The van der Waals surface area contributed by atoms with Crippen molar-refractivity contribution in [2.24, 2.45) is 16.6 Å². The van der Waals surface area contributed by atoms with Gasteiger partial charge in [0, 0.05) is 44.7 Å². The van der Waals surface area contributed by atoms with Gasteiger partial charge < -0.3 is 31.1 Å². The van der Waals surface area contributed by atoms with Gasteiger partial charge in [-0.3, -0.25) is 19.2 Å². The second-order valence-corrected chi connectivity index (χ2v) is 13.7. The number of rotatable bonds is 10. The van der Waals surface area contributed by atoms with Crippen LogP contribution >= 0.6 is 0 Å². The van der Waals surface area contributed by atoms with Gasteiger partial charge in [0.25, 0.3) is 11.8 Å². The summed E-state index contributed by atoms with van der Waals surface area (Å²) in [6.07, 6.45) is 6.40. The maximum absolute atomic E-state index is 14.6. The third-order valence-corrected chi connectivity index (χ3v) is 9.71. The molecule has 2 aromatic rings. The highest BCUT2D eigenvalue weighted by atomic mass is 16.5. The topological polar surface area (TPSA) is 235 Å². The molecule has 1 aromatic heterocycles. The first kappa shape index (κ1) is 36.3. The van der Waals surface area contributed by atoms with Crippen LogP contribution in [0, 0.1) is 17.2 Å². The van der Waals surface area contributed by atoms with E-state index in [9.17, 15) is 29.1 Å². The number of primary amides is 1. The van der Waals surface area contributed by atoms with Gasteiger partial charge in [0.1, 0.15) is 22.9 Å². The first-order valence-corrected chi connectivity index (χ1v) is 16.9. The van der Waals surface area contributed by atoms with E-state index in [0.717, 1.165) is 32.1 Å². The second-order valence-electron chi connectivity index (χ2n) is 13.7. The highest BCUT2D eigenvalue weighted by Gasteiger charge is 2.49. The van der Waals surface area contributed by atoms with Gasteiger partial charge in [-0.15, -0.1) is 5.10 Å². The summed E-state index contributed by atoms with van der Waals surface area (Å²) in [5.41, 5.74) is 3.55. The molecule has 0 spiro atoms. The van der Waals surface area contributed by atoms with Crippen molar-refractivity contribution in [3.63, 3.8) is 0 Å². The number of anilines is 1. The first-order valence-electron chi connectivity index (χ1n) is 16.9. The van der Waals surface area contributed by atoms with Crippen molar-refractivity contribution >= 4 is 40.9 Å². The van der Waals surface area contributed by atoms with Gasteiger partial charge in [-0.1, -0.05) is 37.3 Å². The molecule has 3 heterocycles. The van der Waals surface area contributed by atoms with Crippen LogP contribution in [-0.4, -0.2) is 91.6 Å². The van der Waals surface area contributed by atoms with Crippen molar-refractivity contribution in [3.8, 4) is 6.07 Å². The van der Waals surface area contributed by atoms with E-state index in [1.54, 1.807) is 38.1 Å². The number of carbonyl (C=O) groups excluding carboxylic acids is 5. The highest BCUT2D eigenvalue weighted by molar-refractivity contribution is 6.41. The van der Waals surface area contributed by atoms with Crippen LogP contribution in [0.25, 0.3) is 0 Å². The Kier molecular flexibility index (Phi) is 11.1. The Morgan fingerprint density at radius 3 is 2.42 bits per heavy atom. The Hall–Kier alpha value is -5.01. The number of urea groups is 1. The fraction of sp³-hybridized carbons (Fsp3) is 0.559. The molecule has 5 amide bonds. The van der Waals surface area contributed by atoms with Crippen LogP contribution in [0.2, 0.25) is 0 Å². The molecular formula is C34H43N9O7. The van der Waals surface area contributed by atoms with Crippen molar-refractivity contribution in [1.82, 2.24) is 25.2 Å². The smallest absolute Gasteiger partial charge is 0.345 e. The number of ether oxygens (including phenoxy) is 1. The predicted molar refractivity (Wildman–Crippen MR) is 178 cm³/mol. The lowest BCUT2D eigenvalue weighted by Crippen LogP contribution is -2.63. The second kappa shape index (κ2) is 15.3. The van der Waals surface area contributed by atoms with E-state index >= 15 is 0 Å². The number of aliphatic hydroxyl groups is 1. The lowest BCUT2D eigenvalue weighted by molar-refractivity contribution is -0.146. The summed E-state index contributed by atoms with van der Waals surface area (Å²) < 4.78 is 6.87. The molecule has 2 aliphatic heterocycles. The number of ketones is 1. The van der Waals surface area contributed by atoms with Crippen LogP contribution in [-0.2, 0) is 29.5 Å². The number of amides is 5. The Labute approximate surface area is 289 Å². The first-order chi connectivity index (χ1) is 23.8. The van der Waals surface area contributed by atoms with Gasteiger partial charge in [-0.05, 0) is 50.5 Å². The average molecular weight is 690 g/mol. The number of nitrogens with one attached hydrogen (secondary N) is 2. The van der Waals surface area contributed by atoms with Gasteiger partial charge in [-0.2, -0.15) is 10.3 Å². The molecule has 5 rings (SSSR count). The van der Waals surface area contributed by atoms with Crippen LogP contribution in [0.15, 0.2) is 35.5 Å². The monoisotopic (exact) mass is 689 g/mol. The molecule has 16 heteroatoms. The molecule has 16 nitrogen and oxygen atoms in total. The van der Waals surface area contributed by atoms with E-state index in [4.69, 9.17) is 15.7 Å². The maximum Gasteiger partial charge on any atom is 0.345 e. The van der Waals surface area contributed by atoms with Crippen molar-refractivity contribution in [1.29, 1.82) is 5.26 Å². The summed E-state index contributed by atoms with van der Waals surface area (Å²) in [5, 5.41) is 33.5. The summed E-state index contributed by atoms with van der Waals surface area (Å²) in [6.45, 7) is 3.29. The fourth-order valence-electron chi connectivity index (χ4n) is 7.01. The number of nitrogens with zero attached hydrogens (tertiary/aromatic N) is 6. The van der Waals surface area contributed by atoms with E-state index in [1.807, 2.05) is 6.07 Å². The Balaban J connectivity index is 1.49. The zero-order valence-corrected chi connectivity index (χ0v) is 28.3. The Bertz CT molecular complexity index is 1680. The molecule has 1 aliphatic carbocycles. The Morgan fingerprint density at radius 2 is 1.80 bits per heavy atom. The van der Waals surface area contributed by atoms with Crippen LogP contribution < -0.4 is 16.4 Å². The van der Waals surface area contributed by atoms with E-state index < -0.39 is 52.8 Å². The maximum atomic E-state index is 14.6. The van der Waals surface area contributed by atoms with Crippen LogP contribution in [0.5, 0.6) is 0 Å². The fourth-order valence-corrected chi connectivity index (χ4v) is 7.01. The van der Waals surface area contributed by atoms with Crippen LogP contribution in [0.1, 0.15) is 88.9 Å². The molecule has 1 aromatic carbocycles. The van der Waals surface area contributed by atoms with Crippen molar-refractivity contribution in [2.45, 2.75) is 94.9 Å². The van der Waals surface area contributed by atoms with E-state index in [1.165, 1.54) is 15.8 Å². The molecule has 5 N–H and O–H groups in total. The SMILES string of the molecule is CC(C)(O)c1cnnn1[C@H]1C[C@@H](C(=O)NC2(C(=O)C(N)=O)CCOCC2)N(C(=O)/C(CC2CCCCC2)=N/C(=O)Nc2ccc(C#N)cc2)C1. The number of nitrogens with two attached hydrogens (primary N) is 1. The van der Waals surface area contributed by atoms with E-state index in [2.05, 4.69) is 25.9 Å². The molecule has 0 unspecified atom stereocenters. The minimum atomic E-state index is -1.61. The van der Waals surface area contributed by atoms with Gasteiger partial charge in [0.2, 0.25) is 11.7 Å². The molecule has 3 fully saturated rings. The zero-order chi connectivity index (χ0) is 36.1. The van der Waals surface area contributed by atoms with Gasteiger partial charge in [0.15, 0.2) is 0 Å². The summed E-state index contributed by atoms with van der Waals surface area (Å²) in [6, 6.07) is 5.61. The number of Topliss-reactive ketones (excluding diaryl/α,β-unsaturated/α-hetero) is 1. The standard InChI is InChI=1S/C34H43N9O7/c1-33(2,49)27-19-37-41-43(27)24-17-26(30(46)40-34(28(44)29(36)45)12-14-50-15-13-34)42(20-24)31(47)25(16-21-6-4-3-5-7-21)39-32(48)38-23-10-8-22(18-35)9-11-23/h8-11,19,21,24,26,49H,3-7,12-17,20H2,1-2H3,(H2,36,45)(H,38,48)(H,40,46)/b39-25+/t24-,26-/m0/s1. The van der Waals surface area contributed by atoms with Gasteiger partial charge in [0.05, 0.1) is 29.6 Å². The summed E-state index contributed by atoms with van der Waals surface area (Å²) in [4.78, 5) is 72.7. The number of hydrogen-bond donors (Lipinski definition) is 4. The summed E-state index contributed by atoms with van der Waals surface area (Å²) in [7, 11) is 0. The molecule has 50 heavy (non-hydrogen) atoms. The van der Waals surface area contributed by atoms with Crippen LogP contribution in [0.3, 0.4) is 0 Å². The quantitative estimate of drug-likeness (QED) is 0.209. The number of carbonyl (C=O) groups is 5. The molecular weight excluding hydrogens is 646 g/mol. The largest absolute Gasteiger partial charge is 0.384 e. The number of likely N-dealkylation sites (tertiary alicyclic amines) is 1. The van der Waals surface area contributed by atoms with Crippen LogP contribution in [0.4, 0.5) is 10.5 Å². The third kappa shape index (κ3) is 8.23. The molecule has 3 aliphatic rings. The number of hydrogen-bond acceptors (Lipinski definition) is 10. The average Bonchev–Trinajstić information content (AvgIpc) is 3.77. The molecule has 2 atom stereocenters. The molecule has 266 valence electrons. The summed E-state index contributed by atoms with van der Waals surface area (Å²) in [5.74, 6) is -3.39. The lowest BCUT2D eigenvalue weighted by atomic mass is 9.84. The molecule has 2 saturated heterocycles. The summed E-state index contributed by atoms with van der Waals surface area (Å²) >= 11 is 0. The third-order valence-electron chi connectivity index (χ3n) is 9.71. The lowest BCUT2D eigenvalue weighted by Gasteiger charge is -2.37. The normalized spacial score (nSPS) is 21.2. The van der Waals surface area contributed by atoms with Gasteiger partial charge >= 0.3 is 6.03 Å². The van der Waals surface area contributed by atoms with Crippen molar-refractivity contribution in [2.75, 3.05) is 25.1 Å². The minimum Gasteiger partial charge on any atom is -0.384 e. The minimum absolute atomic E-state index is 0.0143. The zero-order valence-electron chi connectivity index (χ0n) is 28.3. The Morgan fingerprint density at radius 1 is 1.12 bits per heavy atom.